The first-order chi connectivity index (χ1) is 9.54. The van der Waals surface area contributed by atoms with Gasteiger partial charge in [0.05, 0.1) is 0 Å². The van der Waals surface area contributed by atoms with Gasteiger partial charge in [0, 0.05) is 28.4 Å². The lowest BCUT2D eigenvalue weighted by molar-refractivity contribution is 0.221. The normalized spacial score (nSPS) is 16.9. The summed E-state index contributed by atoms with van der Waals surface area (Å²) in [4.78, 5) is 4.39. The predicted molar refractivity (Wildman–Crippen MR) is 78.0 cm³/mol. The van der Waals surface area contributed by atoms with Crippen LogP contribution in [0.5, 0.6) is 0 Å². The Morgan fingerprint density at radius 1 is 1.30 bits per heavy atom. The number of hydrogen-bond donors (Lipinski definition) is 1. The van der Waals surface area contributed by atoms with E-state index < -0.39 is 0 Å². The average molecular weight is 312 g/mol. The van der Waals surface area contributed by atoms with Crippen LogP contribution in [0.4, 0.5) is 0 Å². The molecule has 1 aromatic carbocycles. The molecule has 2 N–H and O–H groups in total. The molecule has 0 amide bonds. The van der Waals surface area contributed by atoms with Gasteiger partial charge >= 0.3 is 0 Å². The van der Waals surface area contributed by atoms with Crippen molar-refractivity contribution in [1.29, 1.82) is 0 Å². The van der Waals surface area contributed by atoms with E-state index in [9.17, 15) is 0 Å². The number of nitrogens with zero attached hydrogens (tertiary/aromatic N) is 2. The Bertz CT molecular complexity index is 623. The Kier molecular flexibility index (Phi) is 3.71. The lowest BCUT2D eigenvalue weighted by atomic mass is 9.75. The van der Waals surface area contributed by atoms with E-state index in [4.69, 9.17) is 33.5 Å². The van der Waals surface area contributed by atoms with Crippen molar-refractivity contribution in [3.05, 3.63) is 45.5 Å². The van der Waals surface area contributed by atoms with Crippen molar-refractivity contribution in [2.45, 2.75) is 37.6 Å². The van der Waals surface area contributed by atoms with Gasteiger partial charge in [-0.05, 0) is 37.0 Å². The summed E-state index contributed by atoms with van der Waals surface area (Å²) in [5.74, 6) is 1.22. The monoisotopic (exact) mass is 311 g/mol. The second kappa shape index (κ2) is 5.35. The number of nitrogens with two attached hydrogens (primary N) is 1. The highest BCUT2D eigenvalue weighted by Gasteiger charge is 2.34. The standard InChI is InChI=1S/C14H15Cl2N3O/c15-10-3-2-9(11(16)7-10)6-12-18-13(20-19-12)8-14(17)4-1-5-14/h2-3,7H,1,4-6,8,17H2. The minimum atomic E-state index is -0.151. The number of rotatable bonds is 4. The lowest BCUT2D eigenvalue weighted by Crippen LogP contribution is -2.48. The SMILES string of the molecule is NC1(Cc2nc(Cc3ccc(Cl)cc3Cl)no2)CCC1. The van der Waals surface area contributed by atoms with Crippen LogP contribution in [0.1, 0.15) is 36.5 Å². The molecule has 6 heteroatoms. The van der Waals surface area contributed by atoms with E-state index in [0.29, 0.717) is 34.6 Å². The summed E-state index contributed by atoms with van der Waals surface area (Å²) in [6.45, 7) is 0. The molecule has 1 fully saturated rings. The quantitative estimate of drug-likeness (QED) is 0.940. The fourth-order valence-electron chi connectivity index (χ4n) is 2.38. The highest BCUT2D eigenvalue weighted by molar-refractivity contribution is 6.35. The van der Waals surface area contributed by atoms with Gasteiger partial charge in [-0.2, -0.15) is 4.98 Å². The molecule has 106 valence electrons. The van der Waals surface area contributed by atoms with Crippen LogP contribution in [0.15, 0.2) is 22.7 Å². The number of aromatic nitrogens is 2. The van der Waals surface area contributed by atoms with E-state index in [-0.39, 0.29) is 5.54 Å². The molecule has 0 bridgehead atoms. The van der Waals surface area contributed by atoms with Gasteiger partial charge in [-0.1, -0.05) is 34.4 Å². The Hall–Kier alpha value is -1.10. The fraction of sp³-hybridized carbons (Fsp3) is 0.429. The topological polar surface area (TPSA) is 64.9 Å². The van der Waals surface area contributed by atoms with Crippen molar-refractivity contribution < 1.29 is 4.52 Å². The molecule has 3 rings (SSSR count). The molecule has 1 heterocycles. The summed E-state index contributed by atoms with van der Waals surface area (Å²) in [5.41, 5.74) is 6.95. The van der Waals surface area contributed by atoms with E-state index >= 15 is 0 Å². The molecule has 1 aliphatic rings. The maximum absolute atomic E-state index is 6.17. The van der Waals surface area contributed by atoms with Crippen LogP contribution in [-0.4, -0.2) is 15.7 Å². The first-order valence-corrected chi connectivity index (χ1v) is 7.34. The smallest absolute Gasteiger partial charge is 0.228 e. The third-order valence-electron chi connectivity index (χ3n) is 3.73. The molecule has 20 heavy (non-hydrogen) atoms. The van der Waals surface area contributed by atoms with E-state index in [1.807, 2.05) is 6.07 Å². The minimum Gasteiger partial charge on any atom is -0.339 e. The summed E-state index contributed by atoms with van der Waals surface area (Å²) in [5, 5.41) is 5.21. The fourth-order valence-corrected chi connectivity index (χ4v) is 2.85. The highest BCUT2D eigenvalue weighted by atomic mass is 35.5. The summed E-state index contributed by atoms with van der Waals surface area (Å²) in [6, 6.07) is 5.38. The van der Waals surface area contributed by atoms with E-state index in [2.05, 4.69) is 10.1 Å². The van der Waals surface area contributed by atoms with Gasteiger partial charge in [0.15, 0.2) is 5.82 Å². The second-order valence-electron chi connectivity index (χ2n) is 5.41. The summed E-state index contributed by atoms with van der Waals surface area (Å²) >= 11 is 12.0. The molecule has 1 aliphatic carbocycles. The molecule has 4 nitrogen and oxygen atoms in total. The zero-order chi connectivity index (χ0) is 14.2. The summed E-state index contributed by atoms with van der Waals surface area (Å²) in [6.07, 6.45) is 4.39. The van der Waals surface area contributed by atoms with Gasteiger partial charge in [0.1, 0.15) is 0 Å². The number of benzene rings is 1. The first-order valence-electron chi connectivity index (χ1n) is 6.58. The molecule has 1 aromatic heterocycles. The Morgan fingerprint density at radius 3 is 2.75 bits per heavy atom. The Morgan fingerprint density at radius 2 is 2.10 bits per heavy atom. The third kappa shape index (κ3) is 2.97. The zero-order valence-corrected chi connectivity index (χ0v) is 12.4. The van der Waals surface area contributed by atoms with E-state index in [1.54, 1.807) is 12.1 Å². The molecule has 0 aliphatic heterocycles. The molecular weight excluding hydrogens is 297 g/mol. The van der Waals surface area contributed by atoms with Crippen molar-refractivity contribution in [3.63, 3.8) is 0 Å². The molecule has 1 saturated carbocycles. The van der Waals surface area contributed by atoms with Gasteiger partial charge in [-0.15, -0.1) is 0 Å². The third-order valence-corrected chi connectivity index (χ3v) is 4.31. The van der Waals surface area contributed by atoms with Gasteiger partial charge < -0.3 is 10.3 Å². The number of halogens is 2. The molecule has 0 unspecified atom stereocenters. The molecule has 0 spiro atoms. The van der Waals surface area contributed by atoms with E-state index in [1.165, 1.54) is 6.42 Å². The van der Waals surface area contributed by atoms with Crippen LogP contribution >= 0.6 is 23.2 Å². The van der Waals surface area contributed by atoms with Crippen LogP contribution in [0.2, 0.25) is 10.0 Å². The van der Waals surface area contributed by atoms with Crippen molar-refractivity contribution in [2.24, 2.45) is 5.73 Å². The predicted octanol–water partition coefficient (Wildman–Crippen LogP) is 3.39. The van der Waals surface area contributed by atoms with E-state index in [0.717, 1.165) is 18.4 Å². The van der Waals surface area contributed by atoms with Crippen LogP contribution in [0.3, 0.4) is 0 Å². The zero-order valence-electron chi connectivity index (χ0n) is 10.9. The van der Waals surface area contributed by atoms with Crippen LogP contribution in [0.25, 0.3) is 0 Å². The Labute approximate surface area is 127 Å². The summed E-state index contributed by atoms with van der Waals surface area (Å²) in [7, 11) is 0. The van der Waals surface area contributed by atoms with Crippen molar-refractivity contribution in [2.75, 3.05) is 0 Å². The van der Waals surface area contributed by atoms with Crippen molar-refractivity contribution in [3.8, 4) is 0 Å². The maximum atomic E-state index is 6.17. The summed E-state index contributed by atoms with van der Waals surface area (Å²) < 4.78 is 5.26. The van der Waals surface area contributed by atoms with Crippen LogP contribution in [-0.2, 0) is 12.8 Å². The number of hydrogen-bond acceptors (Lipinski definition) is 4. The van der Waals surface area contributed by atoms with Gasteiger partial charge in [0.25, 0.3) is 0 Å². The first kappa shape index (κ1) is 13.9. The maximum Gasteiger partial charge on any atom is 0.228 e. The van der Waals surface area contributed by atoms with Gasteiger partial charge in [-0.25, -0.2) is 0 Å². The van der Waals surface area contributed by atoms with Gasteiger partial charge in [0.2, 0.25) is 5.89 Å². The molecular formula is C14H15Cl2N3O. The minimum absolute atomic E-state index is 0.151. The lowest BCUT2D eigenvalue weighted by Gasteiger charge is -2.36. The molecule has 2 aromatic rings. The van der Waals surface area contributed by atoms with Gasteiger partial charge in [-0.3, -0.25) is 0 Å². The van der Waals surface area contributed by atoms with Crippen LogP contribution < -0.4 is 5.73 Å². The molecule has 0 saturated heterocycles. The van der Waals surface area contributed by atoms with Crippen molar-refractivity contribution in [1.82, 2.24) is 10.1 Å². The Balaban J connectivity index is 1.70. The highest BCUT2D eigenvalue weighted by Crippen LogP contribution is 2.32. The van der Waals surface area contributed by atoms with Crippen molar-refractivity contribution >= 4 is 23.2 Å². The van der Waals surface area contributed by atoms with Crippen LogP contribution in [0, 0.1) is 0 Å². The largest absolute Gasteiger partial charge is 0.339 e. The second-order valence-corrected chi connectivity index (χ2v) is 6.25. The average Bonchev–Trinajstić information content (AvgIpc) is 2.78. The molecule has 0 radical (unpaired) electrons. The molecule has 0 atom stereocenters.